The Morgan fingerprint density at radius 1 is 1.06 bits per heavy atom. The number of carbonyl (C=O) groups excluding carboxylic acids is 1. The van der Waals surface area contributed by atoms with Crippen molar-refractivity contribution in [1.29, 1.82) is 0 Å². The number of halogens is 1. The molecule has 5 N–H and O–H groups in total. The highest BCUT2D eigenvalue weighted by molar-refractivity contribution is 9.10. The van der Waals surface area contributed by atoms with Gasteiger partial charge in [0.05, 0.1) is 20.6 Å². The summed E-state index contributed by atoms with van der Waals surface area (Å²) in [6.45, 7) is 7.50. The molecule has 0 saturated carbocycles. The zero-order chi connectivity index (χ0) is 24.8. The van der Waals surface area contributed by atoms with E-state index in [1.54, 1.807) is 44.3 Å². The molecule has 176 valence electrons. The molecule has 1 heterocycles. The molecule has 0 saturated heterocycles. The molecule has 0 aliphatic carbocycles. The SMILES string of the molecule is CC.CNS(=O)(=O)c1ccc(Nc2ncc(Br)c(Nc3cccc(C)c3C(N)=O)n2)cc1C. The first-order chi connectivity index (χ1) is 15.6. The van der Waals surface area contributed by atoms with Crippen molar-refractivity contribution in [3.8, 4) is 0 Å². The number of sulfonamides is 1. The summed E-state index contributed by atoms with van der Waals surface area (Å²) in [5.41, 5.74) is 8.35. The molecule has 0 fully saturated rings. The van der Waals surface area contributed by atoms with E-state index in [1.807, 2.05) is 19.9 Å². The Hall–Kier alpha value is -3.02. The lowest BCUT2D eigenvalue weighted by molar-refractivity contribution is 0.100. The van der Waals surface area contributed by atoms with Crippen LogP contribution in [0.25, 0.3) is 0 Å². The molecular formula is C22H27BrN6O3S. The number of anilines is 4. The molecule has 0 aliphatic rings. The molecule has 0 aliphatic heterocycles. The van der Waals surface area contributed by atoms with Crippen molar-refractivity contribution >= 4 is 55.0 Å². The lowest BCUT2D eigenvalue weighted by atomic mass is 10.1. The highest BCUT2D eigenvalue weighted by atomic mass is 79.9. The molecule has 2 aromatic carbocycles. The van der Waals surface area contributed by atoms with Crippen molar-refractivity contribution in [3.05, 3.63) is 63.8 Å². The Morgan fingerprint density at radius 2 is 1.76 bits per heavy atom. The average Bonchev–Trinajstić information content (AvgIpc) is 2.77. The molecule has 3 aromatic rings. The zero-order valence-corrected chi connectivity index (χ0v) is 21.4. The van der Waals surface area contributed by atoms with E-state index in [-0.39, 0.29) is 10.8 Å². The Morgan fingerprint density at radius 3 is 2.36 bits per heavy atom. The van der Waals surface area contributed by atoms with Crippen LogP contribution < -0.4 is 21.1 Å². The van der Waals surface area contributed by atoms with Gasteiger partial charge in [-0.1, -0.05) is 26.0 Å². The van der Waals surface area contributed by atoms with E-state index in [0.29, 0.717) is 32.8 Å². The number of aromatic nitrogens is 2. The lowest BCUT2D eigenvalue weighted by Gasteiger charge is -2.14. The molecule has 0 bridgehead atoms. The third kappa shape index (κ3) is 6.28. The highest BCUT2D eigenvalue weighted by Crippen LogP contribution is 2.29. The first kappa shape index (κ1) is 26.2. The fourth-order valence-electron chi connectivity index (χ4n) is 3.01. The minimum atomic E-state index is -3.54. The second-order valence-electron chi connectivity index (χ2n) is 6.69. The predicted molar refractivity (Wildman–Crippen MR) is 135 cm³/mol. The minimum absolute atomic E-state index is 0.193. The summed E-state index contributed by atoms with van der Waals surface area (Å²) >= 11 is 3.40. The van der Waals surface area contributed by atoms with Crippen molar-refractivity contribution in [2.75, 3.05) is 17.7 Å². The Bertz CT molecular complexity index is 1260. The summed E-state index contributed by atoms with van der Waals surface area (Å²) < 4.78 is 27.0. The second kappa shape index (κ2) is 11.2. The average molecular weight is 535 g/mol. The fourth-order valence-corrected chi connectivity index (χ4v) is 4.25. The lowest BCUT2D eigenvalue weighted by Crippen LogP contribution is -2.19. The van der Waals surface area contributed by atoms with Crippen LogP contribution in [0.1, 0.15) is 35.3 Å². The van der Waals surface area contributed by atoms with Gasteiger partial charge in [0.15, 0.2) is 0 Å². The quantitative estimate of drug-likeness (QED) is 0.352. The number of nitrogens with zero attached hydrogens (tertiary/aromatic N) is 2. The van der Waals surface area contributed by atoms with Crippen molar-refractivity contribution in [2.45, 2.75) is 32.6 Å². The van der Waals surface area contributed by atoms with E-state index in [9.17, 15) is 13.2 Å². The van der Waals surface area contributed by atoms with Crippen LogP contribution in [0.4, 0.5) is 23.1 Å². The standard InChI is InChI=1S/C20H21BrN6O3S.C2H6/c1-11-5-4-6-15(17(11)18(22)28)26-19-14(21)10-24-20(27-19)25-13-7-8-16(12(2)9-13)31(29,30)23-3;1-2/h4-10,23H,1-3H3,(H2,22,28)(H2,24,25,26,27);1-2H3. The Kier molecular flexibility index (Phi) is 8.91. The first-order valence-electron chi connectivity index (χ1n) is 10.1. The van der Waals surface area contributed by atoms with Crippen LogP contribution in [0, 0.1) is 13.8 Å². The summed E-state index contributed by atoms with van der Waals surface area (Å²) in [6.07, 6.45) is 1.56. The van der Waals surface area contributed by atoms with Gasteiger partial charge in [-0.05, 0) is 72.2 Å². The number of nitrogens with two attached hydrogens (primary N) is 1. The molecule has 1 amide bonds. The molecule has 33 heavy (non-hydrogen) atoms. The fraction of sp³-hybridized carbons (Fsp3) is 0.227. The third-order valence-corrected chi connectivity index (χ3v) is 6.66. The number of hydrogen-bond acceptors (Lipinski definition) is 7. The van der Waals surface area contributed by atoms with Crippen LogP contribution in [0.5, 0.6) is 0 Å². The van der Waals surface area contributed by atoms with Crippen LogP contribution in [-0.4, -0.2) is 31.3 Å². The number of aryl methyl sites for hydroxylation is 2. The van der Waals surface area contributed by atoms with Gasteiger partial charge in [-0.15, -0.1) is 0 Å². The maximum Gasteiger partial charge on any atom is 0.251 e. The molecule has 0 radical (unpaired) electrons. The van der Waals surface area contributed by atoms with Gasteiger partial charge in [-0.25, -0.2) is 18.1 Å². The second-order valence-corrected chi connectivity index (χ2v) is 9.40. The highest BCUT2D eigenvalue weighted by Gasteiger charge is 2.16. The molecule has 1 aromatic heterocycles. The van der Waals surface area contributed by atoms with E-state index in [2.05, 4.69) is 41.3 Å². The van der Waals surface area contributed by atoms with E-state index in [1.165, 1.54) is 13.1 Å². The number of nitrogens with one attached hydrogen (secondary N) is 3. The van der Waals surface area contributed by atoms with Gasteiger partial charge in [0.2, 0.25) is 16.0 Å². The maximum absolute atomic E-state index is 12.0. The number of hydrogen-bond donors (Lipinski definition) is 4. The molecule has 0 atom stereocenters. The maximum atomic E-state index is 12.0. The number of rotatable bonds is 7. The molecule has 0 unspecified atom stereocenters. The predicted octanol–water partition coefficient (Wildman–Crippen LogP) is 4.38. The smallest absolute Gasteiger partial charge is 0.251 e. The largest absolute Gasteiger partial charge is 0.366 e. The molecule has 11 heteroatoms. The normalized spacial score (nSPS) is 10.7. The minimum Gasteiger partial charge on any atom is -0.366 e. The van der Waals surface area contributed by atoms with E-state index < -0.39 is 15.9 Å². The van der Waals surface area contributed by atoms with Crippen LogP contribution in [-0.2, 0) is 10.0 Å². The summed E-state index contributed by atoms with van der Waals surface area (Å²) in [7, 11) is -2.18. The number of benzene rings is 2. The van der Waals surface area contributed by atoms with E-state index in [4.69, 9.17) is 5.73 Å². The zero-order valence-electron chi connectivity index (χ0n) is 19.0. The number of primary amides is 1. The summed E-state index contributed by atoms with van der Waals surface area (Å²) in [5.74, 6) is 0.163. The van der Waals surface area contributed by atoms with Gasteiger partial charge in [0.25, 0.3) is 5.91 Å². The van der Waals surface area contributed by atoms with Gasteiger partial charge in [0.1, 0.15) is 5.82 Å². The van der Waals surface area contributed by atoms with Gasteiger partial charge in [-0.3, -0.25) is 4.79 Å². The third-order valence-electron chi connectivity index (χ3n) is 4.51. The van der Waals surface area contributed by atoms with E-state index in [0.717, 1.165) is 5.56 Å². The van der Waals surface area contributed by atoms with Gasteiger partial charge >= 0.3 is 0 Å². The van der Waals surface area contributed by atoms with Crippen molar-refractivity contribution in [1.82, 2.24) is 14.7 Å². The van der Waals surface area contributed by atoms with Gasteiger partial charge in [-0.2, -0.15) is 4.98 Å². The van der Waals surface area contributed by atoms with E-state index >= 15 is 0 Å². The summed E-state index contributed by atoms with van der Waals surface area (Å²) in [4.78, 5) is 20.7. The molecule has 9 nitrogen and oxygen atoms in total. The molecular weight excluding hydrogens is 508 g/mol. The Balaban J connectivity index is 0.00000187. The molecule has 0 spiro atoms. The number of amides is 1. The van der Waals surface area contributed by atoms with Crippen LogP contribution in [0.3, 0.4) is 0 Å². The van der Waals surface area contributed by atoms with Crippen LogP contribution in [0.15, 0.2) is 52.0 Å². The molecule has 3 rings (SSSR count). The van der Waals surface area contributed by atoms with Gasteiger partial charge in [0, 0.05) is 11.9 Å². The van der Waals surface area contributed by atoms with Crippen molar-refractivity contribution in [3.63, 3.8) is 0 Å². The summed E-state index contributed by atoms with van der Waals surface area (Å²) in [6, 6.07) is 10.2. The first-order valence-corrected chi connectivity index (χ1v) is 12.4. The van der Waals surface area contributed by atoms with Crippen molar-refractivity contribution < 1.29 is 13.2 Å². The van der Waals surface area contributed by atoms with Crippen LogP contribution in [0.2, 0.25) is 0 Å². The van der Waals surface area contributed by atoms with Crippen LogP contribution >= 0.6 is 15.9 Å². The Labute approximate surface area is 202 Å². The summed E-state index contributed by atoms with van der Waals surface area (Å²) in [5, 5.41) is 6.16. The van der Waals surface area contributed by atoms with Gasteiger partial charge < -0.3 is 16.4 Å². The topological polar surface area (TPSA) is 139 Å². The van der Waals surface area contributed by atoms with Crippen molar-refractivity contribution in [2.24, 2.45) is 5.73 Å². The number of carbonyl (C=O) groups is 1. The monoisotopic (exact) mass is 534 g/mol.